The summed E-state index contributed by atoms with van der Waals surface area (Å²) in [5.41, 5.74) is 2.65. The van der Waals surface area contributed by atoms with Crippen molar-refractivity contribution in [2.75, 3.05) is 0 Å². The maximum atomic E-state index is 2.78. The fraction of sp³-hybridized carbons (Fsp3) is 0.917. The first-order valence-corrected chi connectivity index (χ1v) is 22.1. The van der Waals surface area contributed by atoms with Gasteiger partial charge in [-0.2, -0.15) is 0 Å². The third-order valence-corrected chi connectivity index (χ3v) is 30.7. The zero-order valence-corrected chi connectivity index (χ0v) is 24.3. The third-order valence-electron chi connectivity index (χ3n) is 6.38. The summed E-state index contributed by atoms with van der Waals surface area (Å²) < 4.78 is 4.02. The van der Waals surface area contributed by atoms with Crippen LogP contribution in [0.5, 0.6) is 0 Å². The van der Waals surface area contributed by atoms with Crippen molar-refractivity contribution in [3.05, 3.63) is 0 Å². The molecular weight excluding hydrogens is 469 g/mol. The van der Waals surface area contributed by atoms with Crippen LogP contribution in [0.4, 0.5) is 0 Å². The fourth-order valence-electron chi connectivity index (χ4n) is 5.48. The number of hydrogen-bond donors (Lipinski definition) is 0. The van der Waals surface area contributed by atoms with E-state index in [2.05, 4.69) is 51.4 Å². The van der Waals surface area contributed by atoms with Crippen molar-refractivity contribution in [1.82, 2.24) is 0 Å². The van der Waals surface area contributed by atoms with Crippen molar-refractivity contribution in [2.45, 2.75) is 127 Å². The average Bonchev–Trinajstić information content (AvgIpc) is 2.57. The Morgan fingerprint density at radius 3 is 1.15 bits per heavy atom. The molecule has 0 aromatic heterocycles. The molecule has 0 amide bonds. The summed E-state index contributed by atoms with van der Waals surface area (Å²) in [6, 6.07) is 0. The van der Waals surface area contributed by atoms with E-state index in [1.54, 1.807) is 16.4 Å². The summed E-state index contributed by atoms with van der Waals surface area (Å²) in [5, 5.41) is 0. The minimum atomic E-state index is -2.52. The standard InChI is InChI=1S/2C11H20P.2CH3.Sn/c2*1-11(2,3)9-12-10-7-5-4-6-8-10;;;/h2*10H,4-8H2,1-3H3;2*1H3;. The van der Waals surface area contributed by atoms with E-state index in [9.17, 15) is 0 Å². The van der Waals surface area contributed by atoms with Crippen molar-refractivity contribution in [2.24, 2.45) is 10.8 Å². The molecule has 2 saturated carbocycles. The van der Waals surface area contributed by atoms with Crippen LogP contribution in [0.1, 0.15) is 106 Å². The van der Waals surface area contributed by atoms with Crippen molar-refractivity contribution in [3.8, 4) is 0 Å². The molecule has 2 aliphatic carbocycles. The summed E-state index contributed by atoms with van der Waals surface area (Å²) >= 11 is -2.52. The average molecular weight is 515 g/mol. The Morgan fingerprint density at radius 2 is 0.889 bits per heavy atom. The Morgan fingerprint density at radius 1 is 0.593 bits per heavy atom. The molecule has 0 nitrogen and oxygen atoms in total. The van der Waals surface area contributed by atoms with Crippen molar-refractivity contribution in [3.63, 3.8) is 0 Å². The van der Waals surface area contributed by atoms with E-state index in [1.807, 2.05) is 6.62 Å². The quantitative estimate of drug-likeness (QED) is 0.259. The molecule has 0 saturated heterocycles. The Labute approximate surface area is 178 Å². The minimum absolute atomic E-state index is 0.372. The molecule has 0 aromatic rings. The third kappa shape index (κ3) is 7.10. The monoisotopic (exact) mass is 516 g/mol. The van der Waals surface area contributed by atoms with Crippen LogP contribution in [0, 0.1) is 10.8 Å². The molecule has 0 bridgehead atoms. The van der Waals surface area contributed by atoms with Gasteiger partial charge in [-0.1, -0.05) is 0 Å². The molecule has 2 rings (SSSR count). The van der Waals surface area contributed by atoms with Gasteiger partial charge in [0.1, 0.15) is 0 Å². The molecular formula is C24H46P2Sn. The maximum absolute atomic E-state index is 2.78. The predicted molar refractivity (Wildman–Crippen MR) is 134 cm³/mol. The Kier molecular flexibility index (Phi) is 9.01. The van der Waals surface area contributed by atoms with Gasteiger partial charge in [0.25, 0.3) is 0 Å². The van der Waals surface area contributed by atoms with Crippen molar-refractivity contribution >= 4 is 41.4 Å². The fourth-order valence-corrected chi connectivity index (χ4v) is 31.0. The number of hydrogen-bond acceptors (Lipinski definition) is 0. The molecule has 3 heteroatoms. The van der Waals surface area contributed by atoms with E-state index in [1.165, 1.54) is 64.2 Å². The van der Waals surface area contributed by atoms with Crippen LogP contribution in [0.2, 0.25) is 9.88 Å². The molecule has 27 heavy (non-hydrogen) atoms. The van der Waals surface area contributed by atoms with Crippen LogP contribution in [0.15, 0.2) is 0 Å². The van der Waals surface area contributed by atoms with Crippen LogP contribution in [0.3, 0.4) is 0 Å². The van der Waals surface area contributed by atoms with Gasteiger partial charge < -0.3 is 0 Å². The van der Waals surface area contributed by atoms with E-state index in [0.29, 0.717) is 10.8 Å². The van der Waals surface area contributed by atoms with Gasteiger partial charge in [0.15, 0.2) is 0 Å². The molecule has 0 unspecified atom stereocenters. The molecule has 0 atom stereocenters. The topological polar surface area (TPSA) is 0 Å². The molecule has 0 spiro atoms. The Balaban J connectivity index is 2.45. The first-order chi connectivity index (χ1) is 12.4. The predicted octanol–water partition coefficient (Wildman–Crippen LogP) is 8.77. The Hall–Kier alpha value is 1.14. The van der Waals surface area contributed by atoms with Crippen molar-refractivity contribution < 1.29 is 0 Å². The Bertz CT molecular complexity index is 486. The van der Waals surface area contributed by atoms with E-state index in [-0.39, 0.29) is 0 Å². The van der Waals surface area contributed by atoms with E-state index >= 15 is 0 Å². The van der Waals surface area contributed by atoms with Gasteiger partial charge >= 0.3 is 179 Å². The molecule has 2 aliphatic rings. The zero-order chi connectivity index (χ0) is 20.3. The molecule has 0 aliphatic heterocycles. The van der Waals surface area contributed by atoms with Crippen LogP contribution in [0.25, 0.3) is 0 Å². The van der Waals surface area contributed by atoms with Crippen LogP contribution in [-0.2, 0) is 0 Å². The van der Waals surface area contributed by atoms with E-state index < -0.39 is 18.4 Å². The summed E-state index contributed by atoms with van der Waals surface area (Å²) in [7, 11) is 3.51. The van der Waals surface area contributed by atoms with Gasteiger partial charge in [0.05, 0.1) is 0 Å². The second-order valence-corrected chi connectivity index (χ2v) is 29.1. The molecule has 2 fully saturated rings. The first-order valence-electron chi connectivity index (χ1n) is 11.6. The van der Waals surface area contributed by atoms with Crippen LogP contribution < -0.4 is 0 Å². The summed E-state index contributed by atoms with van der Waals surface area (Å²) in [6.07, 6.45) is 14.8. The number of rotatable bonds is 4. The van der Waals surface area contributed by atoms with Gasteiger partial charge in [0.2, 0.25) is 0 Å². The summed E-state index contributed by atoms with van der Waals surface area (Å²) in [6.45, 7) is 15.1. The molecule has 0 aromatic carbocycles. The molecule has 0 radical (unpaired) electrons. The van der Waals surface area contributed by atoms with Gasteiger partial charge in [-0.25, -0.2) is 0 Å². The van der Waals surface area contributed by atoms with Crippen LogP contribution in [-0.4, -0.2) is 36.3 Å². The normalized spacial score (nSPS) is 23.0. The molecule has 0 N–H and O–H groups in total. The first kappa shape index (κ1) is 24.4. The van der Waals surface area contributed by atoms with Gasteiger partial charge in [-0.15, -0.1) is 0 Å². The summed E-state index contributed by atoms with van der Waals surface area (Å²) in [5.74, 6) is 0. The second kappa shape index (κ2) is 9.96. The SMILES string of the molecule is CC(C)(C)[C](=PC1CCCCC1)[Sn]([CH3])([CH3])[C](=PC1CCCCC1)C(C)(C)C. The van der Waals surface area contributed by atoms with Crippen molar-refractivity contribution in [1.29, 1.82) is 0 Å². The van der Waals surface area contributed by atoms with E-state index in [4.69, 9.17) is 0 Å². The molecule has 0 heterocycles. The van der Waals surface area contributed by atoms with E-state index in [0.717, 1.165) is 11.3 Å². The summed E-state index contributed by atoms with van der Waals surface area (Å²) in [4.78, 5) is 5.56. The molecule has 156 valence electrons. The van der Waals surface area contributed by atoms with Gasteiger partial charge in [0, 0.05) is 0 Å². The van der Waals surface area contributed by atoms with Gasteiger partial charge in [-0.3, -0.25) is 0 Å². The van der Waals surface area contributed by atoms with Gasteiger partial charge in [-0.05, 0) is 0 Å². The van der Waals surface area contributed by atoms with Crippen LogP contribution >= 0.6 is 16.4 Å². The second-order valence-electron chi connectivity index (χ2n) is 11.7. The zero-order valence-electron chi connectivity index (χ0n) is 19.6.